The minimum atomic E-state index is -0.608. The minimum Gasteiger partial charge on any atom is -0.368 e. The summed E-state index contributed by atoms with van der Waals surface area (Å²) in [5.74, 6) is -0.455. The second-order valence-corrected chi connectivity index (χ2v) is 6.38. The summed E-state index contributed by atoms with van der Waals surface area (Å²) in [5, 5.41) is 0.628. The van der Waals surface area contributed by atoms with Crippen molar-refractivity contribution in [2.75, 3.05) is 6.61 Å². The largest absolute Gasteiger partial charge is 0.368 e. The third kappa shape index (κ3) is 4.60. The predicted molar refractivity (Wildman–Crippen MR) is 104 cm³/mol. The second kappa shape index (κ2) is 8.60. The van der Waals surface area contributed by atoms with Gasteiger partial charge in [-0.2, -0.15) is 0 Å². The Morgan fingerprint density at radius 2 is 1.85 bits per heavy atom. The van der Waals surface area contributed by atoms with Gasteiger partial charge >= 0.3 is 0 Å². The summed E-state index contributed by atoms with van der Waals surface area (Å²) in [5.41, 5.74) is 8.13. The van der Waals surface area contributed by atoms with Crippen LogP contribution in [0.3, 0.4) is 0 Å². The van der Waals surface area contributed by atoms with Gasteiger partial charge in [-0.3, -0.25) is 14.2 Å². The molecule has 0 aliphatic carbocycles. The summed E-state index contributed by atoms with van der Waals surface area (Å²) in [6.07, 6.45) is 2.16. The molecule has 0 saturated heterocycles. The molecule has 1 aromatic heterocycles. The van der Waals surface area contributed by atoms with E-state index < -0.39 is 12.0 Å². The number of amides is 1. The lowest BCUT2D eigenvalue weighted by Gasteiger charge is -2.13. The van der Waals surface area contributed by atoms with E-state index in [1.165, 1.54) is 0 Å². The Bertz CT molecular complexity index is 980. The lowest BCUT2D eigenvalue weighted by atomic mass is 10.0. The molecule has 0 radical (unpaired) electrons. The average Bonchev–Trinajstić information content (AvgIpc) is 2.68. The molecule has 2 aromatic carbocycles. The van der Waals surface area contributed by atoms with Gasteiger partial charge in [-0.05, 0) is 36.6 Å². The first-order chi connectivity index (χ1) is 13.1. The van der Waals surface area contributed by atoms with Crippen molar-refractivity contribution in [3.63, 3.8) is 0 Å². The van der Waals surface area contributed by atoms with Gasteiger partial charge in [0.2, 0.25) is 5.91 Å². The van der Waals surface area contributed by atoms with E-state index >= 15 is 0 Å². The molecule has 6 nitrogen and oxygen atoms in total. The third-order valence-corrected chi connectivity index (χ3v) is 4.50. The molecule has 3 aromatic rings. The van der Waals surface area contributed by atoms with Gasteiger partial charge in [0.25, 0.3) is 5.56 Å². The summed E-state index contributed by atoms with van der Waals surface area (Å²) in [6.45, 7) is 2.84. The Balaban J connectivity index is 1.66. The van der Waals surface area contributed by atoms with Crippen LogP contribution < -0.4 is 11.3 Å². The Morgan fingerprint density at radius 3 is 2.56 bits per heavy atom. The summed E-state index contributed by atoms with van der Waals surface area (Å²) in [7, 11) is 0. The number of hydrogen-bond acceptors (Lipinski definition) is 4. The summed E-state index contributed by atoms with van der Waals surface area (Å²) in [6, 6.07) is 15.3. The lowest BCUT2D eigenvalue weighted by molar-refractivity contribution is -0.129. The first-order valence-corrected chi connectivity index (χ1v) is 9.01. The quantitative estimate of drug-likeness (QED) is 0.662. The number of aromatic nitrogens is 2. The van der Waals surface area contributed by atoms with E-state index in [2.05, 4.69) is 4.98 Å². The van der Waals surface area contributed by atoms with E-state index in [0.29, 0.717) is 36.9 Å². The zero-order valence-electron chi connectivity index (χ0n) is 15.3. The van der Waals surface area contributed by atoms with Crippen molar-refractivity contribution in [1.82, 2.24) is 9.55 Å². The van der Waals surface area contributed by atoms with Gasteiger partial charge in [-0.1, -0.05) is 36.4 Å². The Kier molecular flexibility index (Phi) is 5.98. The third-order valence-electron chi connectivity index (χ3n) is 4.50. The van der Waals surface area contributed by atoms with E-state index in [0.717, 1.165) is 11.1 Å². The van der Waals surface area contributed by atoms with Crippen LogP contribution in [0.15, 0.2) is 59.7 Å². The normalized spacial score (nSPS) is 12.2. The molecule has 1 heterocycles. The topological polar surface area (TPSA) is 87.2 Å². The molecule has 0 saturated carbocycles. The van der Waals surface area contributed by atoms with Crippen molar-refractivity contribution in [3.8, 4) is 0 Å². The van der Waals surface area contributed by atoms with E-state index in [1.807, 2.05) is 49.4 Å². The number of carbonyl (C=O) groups excluding carboxylic acids is 1. The van der Waals surface area contributed by atoms with Crippen LogP contribution >= 0.6 is 0 Å². The van der Waals surface area contributed by atoms with Crippen LogP contribution in [0, 0.1) is 0 Å². The number of para-hydroxylation sites is 1. The number of nitrogens with zero attached hydrogens (tertiary/aromatic N) is 2. The highest BCUT2D eigenvalue weighted by Gasteiger charge is 2.15. The van der Waals surface area contributed by atoms with Gasteiger partial charge in [0.05, 0.1) is 17.2 Å². The number of benzene rings is 2. The minimum absolute atomic E-state index is 0.0294. The Labute approximate surface area is 157 Å². The van der Waals surface area contributed by atoms with Gasteiger partial charge in [-0.25, -0.2) is 4.98 Å². The second-order valence-electron chi connectivity index (χ2n) is 6.38. The summed E-state index contributed by atoms with van der Waals surface area (Å²) >= 11 is 0. The predicted octanol–water partition coefficient (Wildman–Crippen LogP) is 2.07. The molecule has 27 heavy (non-hydrogen) atoms. The van der Waals surface area contributed by atoms with E-state index in [9.17, 15) is 9.59 Å². The first-order valence-electron chi connectivity index (χ1n) is 9.01. The fourth-order valence-electron chi connectivity index (χ4n) is 3.01. The number of aryl methyl sites for hydroxylation is 2. The molecule has 3 rings (SSSR count). The van der Waals surface area contributed by atoms with Crippen molar-refractivity contribution >= 4 is 16.8 Å². The van der Waals surface area contributed by atoms with Crippen LogP contribution in [0.4, 0.5) is 0 Å². The van der Waals surface area contributed by atoms with Crippen LogP contribution in [-0.2, 0) is 28.9 Å². The fraction of sp³-hybridized carbons (Fsp3) is 0.286. The van der Waals surface area contributed by atoms with Crippen molar-refractivity contribution in [2.24, 2.45) is 5.73 Å². The molecule has 0 aliphatic heterocycles. The van der Waals surface area contributed by atoms with E-state index in [4.69, 9.17) is 10.5 Å². The maximum Gasteiger partial charge on any atom is 0.261 e. The molecule has 0 spiro atoms. The number of rotatable bonds is 8. The van der Waals surface area contributed by atoms with Gasteiger partial charge in [-0.15, -0.1) is 0 Å². The van der Waals surface area contributed by atoms with Crippen molar-refractivity contribution < 1.29 is 9.53 Å². The molecule has 1 amide bonds. The maximum atomic E-state index is 12.5. The van der Waals surface area contributed by atoms with Gasteiger partial charge in [0.15, 0.2) is 0 Å². The molecule has 140 valence electrons. The number of primary amides is 1. The average molecular weight is 365 g/mol. The van der Waals surface area contributed by atoms with Crippen molar-refractivity contribution in [2.45, 2.75) is 32.4 Å². The fourth-order valence-corrected chi connectivity index (χ4v) is 3.01. The number of nitrogens with two attached hydrogens (primary N) is 1. The van der Waals surface area contributed by atoms with Crippen molar-refractivity contribution in [1.29, 1.82) is 0 Å². The Hall–Kier alpha value is -2.99. The molecule has 1 atom stereocenters. The molecule has 0 fully saturated rings. The summed E-state index contributed by atoms with van der Waals surface area (Å²) in [4.78, 5) is 28.3. The highest BCUT2D eigenvalue weighted by atomic mass is 16.5. The molecule has 2 N–H and O–H groups in total. The SMILES string of the molecule is CCOC(Cc1ccc(CCn2cnc3ccccc3c2=O)cc1)C(N)=O. The number of ether oxygens (including phenoxy) is 1. The standard InChI is InChI=1S/C21H23N3O3/c1-2-27-19(20(22)25)13-16-9-7-15(8-10-16)11-12-24-14-23-18-6-4-3-5-17(18)21(24)26/h3-10,14,19H,2,11-13H2,1H3,(H2,22,25). The molecule has 0 aliphatic rings. The van der Waals surface area contributed by atoms with E-state index in [-0.39, 0.29) is 5.56 Å². The zero-order valence-corrected chi connectivity index (χ0v) is 15.3. The van der Waals surface area contributed by atoms with Crippen LogP contribution in [0.2, 0.25) is 0 Å². The molecule has 1 unspecified atom stereocenters. The van der Waals surface area contributed by atoms with Crippen LogP contribution in [0.5, 0.6) is 0 Å². The van der Waals surface area contributed by atoms with Crippen molar-refractivity contribution in [3.05, 3.63) is 76.3 Å². The highest BCUT2D eigenvalue weighted by Crippen LogP contribution is 2.11. The van der Waals surface area contributed by atoms with Crippen LogP contribution in [-0.4, -0.2) is 28.2 Å². The van der Waals surface area contributed by atoms with Crippen LogP contribution in [0.1, 0.15) is 18.1 Å². The lowest BCUT2D eigenvalue weighted by Crippen LogP contribution is -2.33. The summed E-state index contributed by atoms with van der Waals surface area (Å²) < 4.78 is 7.01. The number of carbonyl (C=O) groups is 1. The highest BCUT2D eigenvalue weighted by molar-refractivity contribution is 5.79. The van der Waals surface area contributed by atoms with Gasteiger partial charge < -0.3 is 10.5 Å². The molecular weight excluding hydrogens is 342 g/mol. The Morgan fingerprint density at radius 1 is 1.15 bits per heavy atom. The van der Waals surface area contributed by atoms with Crippen LogP contribution in [0.25, 0.3) is 10.9 Å². The molecular formula is C21H23N3O3. The monoisotopic (exact) mass is 365 g/mol. The smallest absolute Gasteiger partial charge is 0.261 e. The zero-order chi connectivity index (χ0) is 19.2. The first kappa shape index (κ1) is 18.8. The maximum absolute atomic E-state index is 12.5. The number of fused-ring (bicyclic) bond motifs is 1. The van der Waals surface area contributed by atoms with Gasteiger partial charge in [0, 0.05) is 19.6 Å². The van der Waals surface area contributed by atoms with E-state index in [1.54, 1.807) is 17.0 Å². The van der Waals surface area contributed by atoms with Gasteiger partial charge in [0.1, 0.15) is 6.10 Å². The molecule has 0 bridgehead atoms. The number of hydrogen-bond donors (Lipinski definition) is 1. The molecule has 6 heteroatoms.